The second-order valence-corrected chi connectivity index (χ2v) is 6.15. The van der Waals surface area contributed by atoms with Crippen LogP contribution in [-0.2, 0) is 11.8 Å². The molecule has 3 aromatic rings. The smallest absolute Gasteiger partial charge is 0.257 e. The first kappa shape index (κ1) is 15.7. The molecule has 0 bridgehead atoms. The van der Waals surface area contributed by atoms with E-state index < -0.39 is 0 Å². The lowest BCUT2D eigenvalue weighted by Crippen LogP contribution is -2.51. The van der Waals surface area contributed by atoms with Crippen molar-refractivity contribution in [2.24, 2.45) is 7.05 Å². The van der Waals surface area contributed by atoms with Gasteiger partial charge in [-0.1, -0.05) is 18.2 Å². The maximum Gasteiger partial charge on any atom is 0.257 e. The minimum absolute atomic E-state index is 0.125. The molecule has 1 aliphatic heterocycles. The summed E-state index contributed by atoms with van der Waals surface area (Å²) in [5.74, 6) is 0.623. The molecule has 2 aromatic heterocycles. The number of imidazole rings is 1. The number of carbonyl (C=O) groups excluding carboxylic acids is 1. The molecule has 1 N–H and O–H groups in total. The van der Waals surface area contributed by atoms with Gasteiger partial charge in [0.25, 0.3) is 5.91 Å². The van der Waals surface area contributed by atoms with Crippen LogP contribution in [-0.4, -0.2) is 45.4 Å². The lowest BCUT2D eigenvalue weighted by molar-refractivity contribution is -0.00286. The second-order valence-electron chi connectivity index (χ2n) is 6.15. The molecule has 3 heterocycles. The number of rotatable bonds is 4. The molecule has 7 heteroatoms. The van der Waals surface area contributed by atoms with Gasteiger partial charge >= 0.3 is 0 Å². The summed E-state index contributed by atoms with van der Waals surface area (Å²) in [7, 11) is 1.89. The minimum atomic E-state index is -0.211. The number of benzene rings is 1. The Morgan fingerprint density at radius 3 is 3.00 bits per heavy atom. The van der Waals surface area contributed by atoms with Gasteiger partial charge in [-0.15, -0.1) is 0 Å². The van der Waals surface area contributed by atoms with Crippen LogP contribution in [0.1, 0.15) is 16.8 Å². The molecule has 1 saturated heterocycles. The summed E-state index contributed by atoms with van der Waals surface area (Å²) in [6, 6.07) is 9.43. The van der Waals surface area contributed by atoms with Crippen LogP contribution in [0.25, 0.3) is 5.65 Å². The van der Waals surface area contributed by atoms with Crippen molar-refractivity contribution in [3.05, 3.63) is 54.5 Å². The van der Waals surface area contributed by atoms with Crippen LogP contribution >= 0.6 is 0 Å². The Morgan fingerprint density at radius 2 is 2.16 bits per heavy atom. The number of ether oxygens (including phenoxy) is 2. The first-order valence-corrected chi connectivity index (χ1v) is 8.31. The van der Waals surface area contributed by atoms with E-state index in [1.165, 1.54) is 0 Å². The van der Waals surface area contributed by atoms with Gasteiger partial charge < -0.3 is 19.4 Å². The number of amides is 1. The number of hydrogen-bond donors (Lipinski definition) is 1. The predicted octanol–water partition coefficient (Wildman–Crippen LogP) is 1.64. The topological polar surface area (TPSA) is 69.8 Å². The lowest BCUT2D eigenvalue weighted by atomic mass is 10.1. The highest BCUT2D eigenvalue weighted by atomic mass is 16.5. The Bertz CT molecular complexity index is 871. The zero-order valence-corrected chi connectivity index (χ0v) is 14.0. The fourth-order valence-corrected chi connectivity index (χ4v) is 3.12. The molecule has 0 aliphatic carbocycles. The van der Waals surface area contributed by atoms with Crippen molar-refractivity contribution >= 4 is 11.6 Å². The van der Waals surface area contributed by atoms with E-state index in [1.807, 2.05) is 54.3 Å². The average molecular weight is 340 g/mol. The first-order valence-electron chi connectivity index (χ1n) is 8.31. The number of carbonyl (C=O) groups is 1. The van der Waals surface area contributed by atoms with Crippen molar-refractivity contribution in [3.8, 4) is 5.75 Å². The van der Waals surface area contributed by atoms with E-state index in [4.69, 9.17) is 9.47 Å². The summed E-state index contributed by atoms with van der Waals surface area (Å²) in [5, 5.41) is 7.26. The van der Waals surface area contributed by atoms with Crippen LogP contribution < -0.4 is 10.1 Å². The molecule has 1 fully saturated rings. The summed E-state index contributed by atoms with van der Waals surface area (Å²) in [6.45, 7) is 1.06. The lowest BCUT2D eigenvalue weighted by Gasteiger charge is -2.32. The van der Waals surface area contributed by atoms with Crippen LogP contribution in [0.4, 0.5) is 0 Å². The SMILES string of the molecule is Cn1ccn2ncc(C(=O)N[C@@H]3COCC[C@@H]3Oc3ccccc3)c12. The highest BCUT2D eigenvalue weighted by Crippen LogP contribution is 2.19. The summed E-state index contributed by atoms with van der Waals surface area (Å²) < 4.78 is 15.2. The van der Waals surface area contributed by atoms with Crippen molar-refractivity contribution in [2.45, 2.75) is 18.6 Å². The largest absolute Gasteiger partial charge is 0.488 e. The zero-order valence-electron chi connectivity index (χ0n) is 14.0. The fraction of sp³-hybridized carbons (Fsp3) is 0.333. The van der Waals surface area contributed by atoms with Gasteiger partial charge in [0, 0.05) is 25.9 Å². The Hall–Kier alpha value is -2.80. The molecule has 1 amide bonds. The molecule has 1 aromatic carbocycles. The summed E-state index contributed by atoms with van der Waals surface area (Å²) in [6.07, 6.45) is 5.87. The molecule has 0 unspecified atom stereocenters. The molecule has 25 heavy (non-hydrogen) atoms. The highest BCUT2D eigenvalue weighted by molar-refractivity contribution is 6.00. The van der Waals surface area contributed by atoms with E-state index in [0.29, 0.717) is 18.8 Å². The van der Waals surface area contributed by atoms with E-state index in [0.717, 1.165) is 17.8 Å². The standard InChI is InChI=1S/C18H20N4O3/c1-21-8-9-22-18(21)14(11-19-22)17(23)20-15-12-24-10-7-16(15)25-13-5-3-2-4-6-13/h2-6,8-9,11,15-16H,7,10,12H2,1H3,(H,20,23)/t15-,16+/m1/s1. The van der Waals surface area contributed by atoms with E-state index in [1.54, 1.807) is 10.7 Å². The van der Waals surface area contributed by atoms with Gasteiger partial charge in [0.15, 0.2) is 0 Å². The third-order valence-corrected chi connectivity index (χ3v) is 4.42. The summed E-state index contributed by atoms with van der Waals surface area (Å²) in [5.41, 5.74) is 1.30. The van der Waals surface area contributed by atoms with Gasteiger partial charge in [0.05, 0.1) is 25.5 Å². The Kier molecular flexibility index (Phi) is 4.15. The van der Waals surface area contributed by atoms with E-state index in [-0.39, 0.29) is 18.1 Å². The van der Waals surface area contributed by atoms with Crippen molar-refractivity contribution in [2.75, 3.05) is 13.2 Å². The van der Waals surface area contributed by atoms with Gasteiger partial charge in [-0.05, 0) is 12.1 Å². The van der Waals surface area contributed by atoms with Crippen molar-refractivity contribution in [3.63, 3.8) is 0 Å². The van der Waals surface area contributed by atoms with Gasteiger partial charge in [-0.25, -0.2) is 4.52 Å². The quantitative estimate of drug-likeness (QED) is 0.784. The summed E-state index contributed by atoms with van der Waals surface area (Å²) in [4.78, 5) is 12.7. The molecule has 0 spiro atoms. The number of aromatic nitrogens is 3. The number of nitrogens with zero attached hydrogens (tertiary/aromatic N) is 3. The van der Waals surface area contributed by atoms with E-state index >= 15 is 0 Å². The van der Waals surface area contributed by atoms with Gasteiger partial charge in [0.2, 0.25) is 0 Å². The normalized spacial score (nSPS) is 20.5. The molecular formula is C18H20N4O3. The van der Waals surface area contributed by atoms with E-state index in [2.05, 4.69) is 10.4 Å². The van der Waals surface area contributed by atoms with Crippen LogP contribution in [0.15, 0.2) is 48.9 Å². The number of fused-ring (bicyclic) bond motifs is 1. The number of para-hydroxylation sites is 1. The Labute approximate surface area is 145 Å². The number of aryl methyl sites for hydroxylation is 1. The fourth-order valence-electron chi connectivity index (χ4n) is 3.12. The van der Waals surface area contributed by atoms with Crippen molar-refractivity contribution in [1.82, 2.24) is 19.5 Å². The zero-order chi connectivity index (χ0) is 17.2. The second kappa shape index (κ2) is 6.60. The maximum absolute atomic E-state index is 12.7. The van der Waals surface area contributed by atoms with Gasteiger partial charge in [0.1, 0.15) is 23.1 Å². The summed E-state index contributed by atoms with van der Waals surface area (Å²) >= 11 is 0. The molecule has 1 aliphatic rings. The molecule has 2 atom stereocenters. The average Bonchev–Trinajstić information content (AvgIpc) is 3.21. The highest BCUT2D eigenvalue weighted by Gasteiger charge is 2.30. The molecule has 0 radical (unpaired) electrons. The molecule has 130 valence electrons. The van der Waals surface area contributed by atoms with Crippen LogP contribution in [0.3, 0.4) is 0 Å². The molecular weight excluding hydrogens is 320 g/mol. The molecule has 0 saturated carbocycles. The number of hydrogen-bond acceptors (Lipinski definition) is 4. The van der Waals surface area contributed by atoms with E-state index in [9.17, 15) is 4.79 Å². The first-order chi connectivity index (χ1) is 12.2. The van der Waals surface area contributed by atoms with Gasteiger partial charge in [-0.3, -0.25) is 4.79 Å². The van der Waals surface area contributed by atoms with Crippen molar-refractivity contribution in [1.29, 1.82) is 0 Å². The van der Waals surface area contributed by atoms with Crippen LogP contribution in [0.2, 0.25) is 0 Å². The minimum Gasteiger partial charge on any atom is -0.488 e. The molecule has 7 nitrogen and oxygen atoms in total. The number of nitrogens with one attached hydrogen (secondary N) is 1. The monoisotopic (exact) mass is 340 g/mol. The van der Waals surface area contributed by atoms with Gasteiger partial charge in [-0.2, -0.15) is 5.10 Å². The van der Waals surface area contributed by atoms with Crippen molar-refractivity contribution < 1.29 is 14.3 Å². The third kappa shape index (κ3) is 3.10. The molecule has 4 rings (SSSR count). The van der Waals surface area contributed by atoms with Crippen LogP contribution in [0, 0.1) is 0 Å². The van der Waals surface area contributed by atoms with Crippen LogP contribution in [0.5, 0.6) is 5.75 Å². The third-order valence-electron chi connectivity index (χ3n) is 4.42. The predicted molar refractivity (Wildman–Crippen MR) is 91.7 cm³/mol. The Morgan fingerprint density at radius 1 is 1.32 bits per heavy atom. The maximum atomic E-state index is 12.7. The Balaban J connectivity index is 1.51.